The van der Waals surface area contributed by atoms with E-state index in [4.69, 9.17) is 21.3 Å². The van der Waals surface area contributed by atoms with Crippen LogP contribution >= 0.6 is 11.6 Å². The van der Waals surface area contributed by atoms with Gasteiger partial charge >= 0.3 is 0 Å². The van der Waals surface area contributed by atoms with Gasteiger partial charge in [0, 0.05) is 62.1 Å². The number of pyridine rings is 1. The fraction of sp³-hybridized carbons (Fsp3) is 0.235. The summed E-state index contributed by atoms with van der Waals surface area (Å²) in [5.41, 5.74) is 6.29. The molecular formula is C34H34ClN5O4S. The molecule has 0 saturated carbocycles. The Morgan fingerprint density at radius 1 is 0.911 bits per heavy atom. The molecule has 0 atom stereocenters. The molecule has 2 aromatic heterocycles. The molecule has 0 radical (unpaired) electrons. The van der Waals surface area contributed by atoms with E-state index in [1.54, 1.807) is 12.1 Å². The summed E-state index contributed by atoms with van der Waals surface area (Å²) in [6.45, 7) is 6.40. The monoisotopic (exact) mass is 643 g/mol. The van der Waals surface area contributed by atoms with Gasteiger partial charge in [-0.2, -0.15) is 4.31 Å². The molecule has 45 heavy (non-hydrogen) atoms. The molecule has 0 spiro atoms. The number of imidazole rings is 1. The van der Waals surface area contributed by atoms with Crippen LogP contribution in [0.1, 0.15) is 19.5 Å². The van der Waals surface area contributed by atoms with Crippen LogP contribution in [0.5, 0.6) is 5.75 Å². The molecule has 1 aliphatic heterocycles. The molecule has 5 aromatic rings. The highest BCUT2D eigenvalue weighted by atomic mass is 35.5. The molecular weight excluding hydrogens is 610 g/mol. The smallest absolute Gasteiger partial charge is 0.243 e. The number of piperazine rings is 1. The van der Waals surface area contributed by atoms with Crippen molar-refractivity contribution in [1.82, 2.24) is 18.6 Å². The van der Waals surface area contributed by atoms with Gasteiger partial charge in [-0.3, -0.25) is 9.69 Å². The predicted octanol–water partition coefficient (Wildman–Crippen LogP) is 6.19. The normalized spacial score (nSPS) is 14.5. The van der Waals surface area contributed by atoms with E-state index in [2.05, 4.69) is 32.9 Å². The van der Waals surface area contributed by atoms with E-state index in [0.29, 0.717) is 50.0 Å². The standard InChI is InChI=1S/C34H34ClN5O4S/c1-3-44-30-6-4-5-26(21-30)27-9-16-33-37-34(25-7-10-28(35)11-8-25)32(40(33)22-27)23-38-17-19-39(20-18-38)45(42,43)31-14-12-29(13-15-31)36-24(2)41/h4-16,21-22H,3,17-20,23H2,1-2H3,(H,36,41). The maximum atomic E-state index is 13.4. The van der Waals surface area contributed by atoms with Crippen molar-refractivity contribution in [2.75, 3.05) is 38.1 Å². The van der Waals surface area contributed by atoms with Crippen LogP contribution in [-0.4, -0.2) is 65.7 Å². The Labute approximate surface area is 268 Å². The zero-order valence-corrected chi connectivity index (χ0v) is 26.7. The SMILES string of the molecule is CCOc1cccc(-c2ccc3nc(-c4ccc(Cl)cc4)c(CN4CCN(S(=O)(=O)c5ccc(NC(C)=O)cc5)CC4)n3c2)c1. The minimum absolute atomic E-state index is 0.206. The Kier molecular flexibility index (Phi) is 8.91. The second-order valence-corrected chi connectivity index (χ2v) is 13.3. The van der Waals surface area contributed by atoms with Gasteiger partial charge in [-0.05, 0) is 78.7 Å². The molecule has 1 saturated heterocycles. The van der Waals surface area contributed by atoms with Crippen molar-refractivity contribution < 1.29 is 17.9 Å². The molecule has 3 heterocycles. The van der Waals surface area contributed by atoms with Gasteiger partial charge in [0.1, 0.15) is 11.4 Å². The molecule has 3 aromatic carbocycles. The lowest BCUT2D eigenvalue weighted by atomic mass is 10.1. The first kappa shape index (κ1) is 30.8. The number of amides is 1. The van der Waals surface area contributed by atoms with E-state index in [1.807, 2.05) is 55.5 Å². The zero-order valence-electron chi connectivity index (χ0n) is 25.1. The molecule has 0 bridgehead atoms. The highest BCUT2D eigenvalue weighted by Gasteiger charge is 2.29. The summed E-state index contributed by atoms with van der Waals surface area (Å²) in [4.78, 5) is 18.8. The van der Waals surface area contributed by atoms with Crippen molar-refractivity contribution in [3.63, 3.8) is 0 Å². The number of ether oxygens (including phenoxy) is 1. The van der Waals surface area contributed by atoms with Gasteiger partial charge in [-0.1, -0.05) is 35.9 Å². The molecule has 1 N–H and O–H groups in total. The molecule has 0 aliphatic carbocycles. The third kappa shape index (κ3) is 6.74. The van der Waals surface area contributed by atoms with Gasteiger partial charge in [-0.15, -0.1) is 0 Å². The largest absolute Gasteiger partial charge is 0.494 e. The minimum Gasteiger partial charge on any atom is -0.494 e. The number of rotatable bonds is 9. The van der Waals surface area contributed by atoms with Crippen LogP contribution in [0.2, 0.25) is 5.02 Å². The van der Waals surface area contributed by atoms with Crippen LogP contribution in [0.4, 0.5) is 5.69 Å². The topological polar surface area (TPSA) is 96.2 Å². The van der Waals surface area contributed by atoms with Crippen LogP contribution in [0.25, 0.3) is 28.0 Å². The lowest BCUT2D eigenvalue weighted by Crippen LogP contribution is -2.48. The molecule has 232 valence electrons. The van der Waals surface area contributed by atoms with E-state index >= 15 is 0 Å². The average Bonchev–Trinajstić information content (AvgIpc) is 3.39. The lowest BCUT2D eigenvalue weighted by molar-refractivity contribution is -0.114. The second-order valence-electron chi connectivity index (χ2n) is 10.9. The first-order valence-corrected chi connectivity index (χ1v) is 16.6. The maximum Gasteiger partial charge on any atom is 0.243 e. The summed E-state index contributed by atoms with van der Waals surface area (Å²) in [5.74, 6) is 0.609. The molecule has 11 heteroatoms. The Morgan fingerprint density at radius 3 is 2.31 bits per heavy atom. The van der Waals surface area contributed by atoms with Crippen LogP contribution in [0, 0.1) is 0 Å². The number of hydrogen-bond acceptors (Lipinski definition) is 6. The van der Waals surface area contributed by atoms with E-state index in [-0.39, 0.29) is 10.8 Å². The van der Waals surface area contributed by atoms with Crippen LogP contribution < -0.4 is 10.1 Å². The molecule has 9 nitrogen and oxygen atoms in total. The van der Waals surface area contributed by atoms with Crippen molar-refractivity contribution in [3.8, 4) is 28.1 Å². The number of carbonyl (C=O) groups is 1. The van der Waals surface area contributed by atoms with Gasteiger partial charge in [0.05, 0.1) is 22.9 Å². The van der Waals surface area contributed by atoms with Crippen molar-refractivity contribution in [1.29, 1.82) is 0 Å². The number of benzene rings is 3. The number of hydrogen-bond donors (Lipinski definition) is 1. The van der Waals surface area contributed by atoms with E-state index in [9.17, 15) is 13.2 Å². The number of nitrogens with one attached hydrogen (secondary N) is 1. The Hall–Kier alpha value is -4.22. The highest BCUT2D eigenvalue weighted by molar-refractivity contribution is 7.89. The van der Waals surface area contributed by atoms with Gasteiger partial charge in [0.2, 0.25) is 15.9 Å². The zero-order chi connectivity index (χ0) is 31.6. The third-order valence-corrected chi connectivity index (χ3v) is 10.00. The number of anilines is 1. The minimum atomic E-state index is -3.67. The predicted molar refractivity (Wildman–Crippen MR) is 177 cm³/mol. The quantitative estimate of drug-likeness (QED) is 0.206. The first-order chi connectivity index (χ1) is 21.7. The highest BCUT2D eigenvalue weighted by Crippen LogP contribution is 2.31. The summed E-state index contributed by atoms with van der Waals surface area (Å²) in [5, 5.41) is 3.32. The van der Waals surface area contributed by atoms with Crippen molar-refractivity contribution in [2.24, 2.45) is 0 Å². The van der Waals surface area contributed by atoms with Gasteiger partial charge < -0.3 is 14.5 Å². The third-order valence-electron chi connectivity index (χ3n) is 7.83. The van der Waals surface area contributed by atoms with Gasteiger partial charge in [-0.25, -0.2) is 13.4 Å². The van der Waals surface area contributed by atoms with Crippen molar-refractivity contribution >= 4 is 38.9 Å². The Morgan fingerprint density at radius 2 is 1.62 bits per heavy atom. The summed E-state index contributed by atoms with van der Waals surface area (Å²) in [6, 6.07) is 26.1. The fourth-order valence-corrected chi connectivity index (χ4v) is 7.14. The molecule has 1 amide bonds. The number of halogens is 1. The van der Waals surface area contributed by atoms with Gasteiger partial charge in [0.15, 0.2) is 0 Å². The molecule has 1 aliphatic rings. The Bertz CT molecular complexity index is 1930. The van der Waals surface area contributed by atoms with E-state index in [0.717, 1.165) is 39.5 Å². The summed E-state index contributed by atoms with van der Waals surface area (Å²) < 4.78 is 36.2. The molecule has 6 rings (SSSR count). The van der Waals surface area contributed by atoms with Crippen molar-refractivity contribution in [2.45, 2.75) is 25.3 Å². The van der Waals surface area contributed by atoms with Gasteiger partial charge in [0.25, 0.3) is 0 Å². The number of sulfonamides is 1. The molecule has 0 unspecified atom stereocenters. The second kappa shape index (κ2) is 13.0. The average molecular weight is 644 g/mol. The Balaban J connectivity index is 1.27. The number of aromatic nitrogens is 2. The summed E-state index contributed by atoms with van der Waals surface area (Å²) in [6.07, 6.45) is 2.10. The van der Waals surface area contributed by atoms with Crippen LogP contribution in [0.3, 0.4) is 0 Å². The maximum absolute atomic E-state index is 13.4. The van der Waals surface area contributed by atoms with E-state index < -0.39 is 10.0 Å². The summed E-state index contributed by atoms with van der Waals surface area (Å²) in [7, 11) is -3.67. The fourth-order valence-electron chi connectivity index (χ4n) is 5.59. The van der Waals surface area contributed by atoms with E-state index in [1.165, 1.54) is 23.4 Å². The number of nitrogens with zero attached hydrogens (tertiary/aromatic N) is 4. The first-order valence-electron chi connectivity index (χ1n) is 14.8. The molecule has 1 fully saturated rings. The van der Waals surface area contributed by atoms with Crippen LogP contribution in [-0.2, 0) is 21.4 Å². The number of fused-ring (bicyclic) bond motifs is 1. The number of carbonyl (C=O) groups excluding carboxylic acids is 1. The van der Waals surface area contributed by atoms with Crippen molar-refractivity contribution in [3.05, 3.63) is 102 Å². The van der Waals surface area contributed by atoms with Crippen LogP contribution in [0.15, 0.2) is 96.0 Å². The lowest BCUT2D eigenvalue weighted by Gasteiger charge is -2.34. The summed E-state index contributed by atoms with van der Waals surface area (Å²) >= 11 is 6.20.